The highest BCUT2D eigenvalue weighted by Crippen LogP contribution is 2.20. The van der Waals surface area contributed by atoms with E-state index in [1.165, 1.54) is 6.92 Å². The topological polar surface area (TPSA) is 64.6 Å². The number of rotatable bonds is 6. The number of ether oxygens (including phenoxy) is 2. The number of carbonyl (C=O) groups excluding carboxylic acids is 2. The van der Waals surface area contributed by atoms with Crippen molar-refractivity contribution in [1.29, 1.82) is 0 Å². The molecule has 0 unspecified atom stereocenters. The van der Waals surface area contributed by atoms with Crippen LogP contribution in [0.25, 0.3) is 0 Å². The van der Waals surface area contributed by atoms with Crippen molar-refractivity contribution >= 4 is 17.6 Å². The Morgan fingerprint density at radius 1 is 1.00 bits per heavy atom. The van der Waals surface area contributed by atoms with Crippen LogP contribution in [0.4, 0.5) is 5.69 Å². The molecular formula is C21H25NO4. The number of hydrogen-bond donors (Lipinski definition) is 1. The molecule has 0 saturated heterocycles. The Hall–Kier alpha value is -2.82. The maximum absolute atomic E-state index is 12.3. The third-order valence-corrected chi connectivity index (χ3v) is 4.08. The molecule has 0 spiro atoms. The molecule has 0 radical (unpaired) electrons. The summed E-state index contributed by atoms with van der Waals surface area (Å²) in [5.41, 5.74) is 4.71. The molecule has 1 atom stereocenters. The minimum Gasteiger partial charge on any atom is -0.482 e. The summed E-state index contributed by atoms with van der Waals surface area (Å²) in [4.78, 5) is 24.3. The lowest BCUT2D eigenvalue weighted by Crippen LogP contribution is -2.32. The quantitative estimate of drug-likeness (QED) is 0.799. The number of anilines is 1. The van der Waals surface area contributed by atoms with Crippen LogP contribution in [0.1, 0.15) is 29.2 Å². The SMILES string of the molecule is Cc1ccc(OCC(=O)O[C@H](C)C(=O)Nc2c(C)cccc2C)c(C)c1. The van der Waals surface area contributed by atoms with Gasteiger partial charge in [-0.15, -0.1) is 0 Å². The number of hydrogen-bond acceptors (Lipinski definition) is 4. The first kappa shape index (κ1) is 19.5. The van der Waals surface area contributed by atoms with E-state index in [0.717, 1.165) is 27.9 Å². The molecule has 0 heterocycles. The van der Waals surface area contributed by atoms with E-state index < -0.39 is 12.1 Å². The number of benzene rings is 2. The van der Waals surface area contributed by atoms with Crippen LogP contribution in [0.15, 0.2) is 36.4 Å². The van der Waals surface area contributed by atoms with Gasteiger partial charge in [-0.2, -0.15) is 0 Å². The Kier molecular flexibility index (Phi) is 6.39. The van der Waals surface area contributed by atoms with Gasteiger partial charge in [0.25, 0.3) is 5.91 Å². The van der Waals surface area contributed by atoms with Crippen molar-refractivity contribution in [3.05, 3.63) is 58.7 Å². The van der Waals surface area contributed by atoms with Gasteiger partial charge < -0.3 is 14.8 Å². The van der Waals surface area contributed by atoms with Gasteiger partial charge in [0.05, 0.1) is 0 Å². The molecule has 0 aliphatic rings. The van der Waals surface area contributed by atoms with Crippen molar-refractivity contribution < 1.29 is 19.1 Å². The molecule has 0 bridgehead atoms. The molecule has 2 rings (SSSR count). The van der Waals surface area contributed by atoms with Crippen molar-refractivity contribution in [3.63, 3.8) is 0 Å². The molecule has 1 N–H and O–H groups in total. The van der Waals surface area contributed by atoms with Gasteiger partial charge in [0.2, 0.25) is 0 Å². The highest BCUT2D eigenvalue weighted by molar-refractivity contribution is 5.96. The Labute approximate surface area is 154 Å². The Morgan fingerprint density at radius 2 is 1.65 bits per heavy atom. The molecule has 5 heteroatoms. The highest BCUT2D eigenvalue weighted by Gasteiger charge is 2.19. The van der Waals surface area contributed by atoms with Gasteiger partial charge in [-0.05, 0) is 57.4 Å². The summed E-state index contributed by atoms with van der Waals surface area (Å²) in [6.07, 6.45) is -0.913. The highest BCUT2D eigenvalue weighted by atomic mass is 16.6. The van der Waals surface area contributed by atoms with Crippen molar-refractivity contribution in [2.45, 2.75) is 40.7 Å². The van der Waals surface area contributed by atoms with Crippen molar-refractivity contribution in [2.24, 2.45) is 0 Å². The number of carbonyl (C=O) groups is 2. The van der Waals surface area contributed by atoms with E-state index in [2.05, 4.69) is 5.32 Å². The van der Waals surface area contributed by atoms with E-state index in [4.69, 9.17) is 9.47 Å². The predicted octanol–water partition coefficient (Wildman–Crippen LogP) is 3.87. The molecule has 0 saturated carbocycles. The lowest BCUT2D eigenvalue weighted by molar-refractivity contribution is -0.155. The molecule has 2 aromatic carbocycles. The molecule has 0 fully saturated rings. The second-order valence-electron chi connectivity index (χ2n) is 6.45. The predicted molar refractivity (Wildman–Crippen MR) is 102 cm³/mol. The summed E-state index contributed by atoms with van der Waals surface area (Å²) in [5, 5.41) is 2.82. The van der Waals surface area contributed by atoms with Crippen LogP contribution in [0, 0.1) is 27.7 Å². The second kappa shape index (κ2) is 8.52. The number of aryl methyl sites for hydroxylation is 4. The lowest BCUT2D eigenvalue weighted by Gasteiger charge is -2.16. The molecule has 26 heavy (non-hydrogen) atoms. The van der Waals surface area contributed by atoms with Crippen LogP contribution >= 0.6 is 0 Å². The van der Waals surface area contributed by atoms with Gasteiger partial charge in [0.15, 0.2) is 12.7 Å². The van der Waals surface area contributed by atoms with Gasteiger partial charge in [-0.1, -0.05) is 35.9 Å². The van der Waals surface area contributed by atoms with Gasteiger partial charge >= 0.3 is 5.97 Å². The van der Waals surface area contributed by atoms with Gasteiger partial charge in [-0.25, -0.2) is 4.79 Å². The number of para-hydroxylation sites is 1. The summed E-state index contributed by atoms with van der Waals surface area (Å²) in [7, 11) is 0. The van der Waals surface area contributed by atoms with E-state index in [9.17, 15) is 9.59 Å². The van der Waals surface area contributed by atoms with Crippen molar-refractivity contribution in [1.82, 2.24) is 0 Å². The Bertz CT molecular complexity index is 793. The molecule has 0 aromatic heterocycles. The largest absolute Gasteiger partial charge is 0.482 e. The van der Waals surface area contributed by atoms with Crippen LogP contribution in [0.2, 0.25) is 0 Å². The van der Waals surface area contributed by atoms with E-state index >= 15 is 0 Å². The number of nitrogens with one attached hydrogen (secondary N) is 1. The summed E-state index contributed by atoms with van der Waals surface area (Å²) in [6, 6.07) is 11.5. The van der Waals surface area contributed by atoms with Crippen molar-refractivity contribution in [3.8, 4) is 5.75 Å². The molecular weight excluding hydrogens is 330 g/mol. The summed E-state index contributed by atoms with van der Waals surface area (Å²) < 4.78 is 10.7. The van der Waals surface area contributed by atoms with Crippen LogP contribution in [0.3, 0.4) is 0 Å². The molecule has 0 aliphatic carbocycles. The zero-order chi connectivity index (χ0) is 19.3. The maximum atomic E-state index is 12.3. The number of amides is 1. The summed E-state index contributed by atoms with van der Waals surface area (Å²) in [5.74, 6) is -0.336. The van der Waals surface area contributed by atoms with E-state index in [1.807, 2.05) is 64.1 Å². The third kappa shape index (κ3) is 5.09. The van der Waals surface area contributed by atoms with E-state index in [-0.39, 0.29) is 12.5 Å². The van der Waals surface area contributed by atoms with Gasteiger partial charge in [0.1, 0.15) is 5.75 Å². The van der Waals surface area contributed by atoms with Gasteiger partial charge in [0, 0.05) is 5.69 Å². The Balaban J connectivity index is 1.89. The van der Waals surface area contributed by atoms with Crippen molar-refractivity contribution in [2.75, 3.05) is 11.9 Å². The fraction of sp³-hybridized carbons (Fsp3) is 0.333. The Morgan fingerprint density at radius 3 is 2.27 bits per heavy atom. The molecule has 138 valence electrons. The third-order valence-electron chi connectivity index (χ3n) is 4.08. The first-order valence-electron chi connectivity index (χ1n) is 8.54. The fourth-order valence-electron chi connectivity index (χ4n) is 2.62. The molecule has 0 aliphatic heterocycles. The monoisotopic (exact) mass is 355 g/mol. The normalized spacial score (nSPS) is 11.6. The average molecular weight is 355 g/mol. The summed E-state index contributed by atoms with van der Waals surface area (Å²) >= 11 is 0. The minimum absolute atomic E-state index is 0.245. The lowest BCUT2D eigenvalue weighted by atomic mass is 10.1. The smallest absolute Gasteiger partial charge is 0.344 e. The average Bonchev–Trinajstić information content (AvgIpc) is 2.57. The van der Waals surface area contributed by atoms with Crippen LogP contribution < -0.4 is 10.1 Å². The van der Waals surface area contributed by atoms with Gasteiger partial charge in [-0.3, -0.25) is 4.79 Å². The first-order valence-corrected chi connectivity index (χ1v) is 8.54. The van der Waals surface area contributed by atoms with Crippen LogP contribution in [-0.2, 0) is 14.3 Å². The standard InChI is InChI=1S/C21H25NO4/c1-13-9-10-18(16(4)11-13)25-12-19(23)26-17(5)21(24)22-20-14(2)7-6-8-15(20)3/h6-11,17H,12H2,1-5H3,(H,22,24)/t17-/m1/s1. The van der Waals surface area contributed by atoms with E-state index in [0.29, 0.717) is 5.75 Å². The van der Waals surface area contributed by atoms with Crippen LogP contribution in [-0.4, -0.2) is 24.6 Å². The molecule has 5 nitrogen and oxygen atoms in total. The zero-order valence-electron chi connectivity index (χ0n) is 15.9. The zero-order valence-corrected chi connectivity index (χ0v) is 15.9. The maximum Gasteiger partial charge on any atom is 0.344 e. The molecule has 2 aromatic rings. The van der Waals surface area contributed by atoms with E-state index in [1.54, 1.807) is 0 Å². The number of esters is 1. The summed E-state index contributed by atoms with van der Waals surface area (Å²) in [6.45, 7) is 9.02. The molecule has 1 amide bonds. The minimum atomic E-state index is -0.913. The first-order chi connectivity index (χ1) is 12.3. The second-order valence-corrected chi connectivity index (χ2v) is 6.45. The fourth-order valence-corrected chi connectivity index (χ4v) is 2.62. The van der Waals surface area contributed by atoms with Crippen LogP contribution in [0.5, 0.6) is 5.75 Å².